The number of hydrogen-bond acceptors (Lipinski definition) is 3. The molecule has 1 aromatic carbocycles. The Morgan fingerprint density at radius 1 is 1.16 bits per heavy atom. The Kier molecular flexibility index (Phi) is 6.31. The van der Waals surface area contributed by atoms with Crippen molar-refractivity contribution in [1.82, 2.24) is 9.13 Å². The van der Waals surface area contributed by atoms with Crippen LogP contribution in [0.3, 0.4) is 0 Å². The number of benzene rings is 1. The van der Waals surface area contributed by atoms with Gasteiger partial charge in [-0.2, -0.15) is 13.2 Å². The van der Waals surface area contributed by atoms with Crippen LogP contribution in [0.4, 0.5) is 17.6 Å². The van der Waals surface area contributed by atoms with Gasteiger partial charge in [0, 0.05) is 18.1 Å². The van der Waals surface area contributed by atoms with E-state index in [9.17, 15) is 37.1 Å². The normalized spacial score (nSPS) is 16.3. The molecule has 1 aliphatic rings. The summed E-state index contributed by atoms with van der Waals surface area (Å²) in [5.41, 5.74) is -4.95. The third-order valence-corrected chi connectivity index (χ3v) is 5.97. The SMILES string of the molecule is Cn1c(C(F)(F)F)cc(=O)n(-c2cc(C(C(=O)O)C3CCCCC3)c(Cl)cc2F)c1=O. The molecule has 1 aromatic heterocycles. The Labute approximate surface area is 178 Å². The van der Waals surface area contributed by atoms with E-state index in [4.69, 9.17) is 11.6 Å². The summed E-state index contributed by atoms with van der Waals surface area (Å²) < 4.78 is 54.3. The van der Waals surface area contributed by atoms with Crippen molar-refractivity contribution < 1.29 is 27.5 Å². The smallest absolute Gasteiger partial charge is 0.431 e. The number of rotatable bonds is 4. The van der Waals surface area contributed by atoms with Crippen LogP contribution in [0.15, 0.2) is 27.8 Å². The Balaban J connectivity index is 2.23. The molecule has 0 spiro atoms. The number of aliphatic carboxylic acids is 1. The van der Waals surface area contributed by atoms with E-state index in [0.717, 1.165) is 38.4 Å². The number of hydrogen-bond donors (Lipinski definition) is 1. The topological polar surface area (TPSA) is 81.3 Å². The van der Waals surface area contributed by atoms with Gasteiger partial charge in [-0.25, -0.2) is 13.8 Å². The van der Waals surface area contributed by atoms with E-state index in [1.54, 1.807) is 0 Å². The van der Waals surface area contributed by atoms with E-state index >= 15 is 0 Å². The van der Waals surface area contributed by atoms with E-state index in [-0.39, 0.29) is 31.7 Å². The van der Waals surface area contributed by atoms with Crippen LogP contribution in [0.25, 0.3) is 5.69 Å². The van der Waals surface area contributed by atoms with E-state index in [1.165, 1.54) is 0 Å². The van der Waals surface area contributed by atoms with Crippen molar-refractivity contribution in [3.05, 3.63) is 61.1 Å². The molecule has 0 radical (unpaired) electrons. The van der Waals surface area contributed by atoms with Crippen molar-refractivity contribution >= 4 is 17.6 Å². The number of carbonyl (C=O) groups is 1. The molecule has 1 saturated carbocycles. The number of nitrogens with zero attached hydrogens (tertiary/aromatic N) is 2. The van der Waals surface area contributed by atoms with E-state index < -0.39 is 46.5 Å². The average molecular weight is 463 g/mol. The molecule has 0 bridgehead atoms. The van der Waals surface area contributed by atoms with Crippen LogP contribution in [-0.4, -0.2) is 20.2 Å². The van der Waals surface area contributed by atoms with Crippen molar-refractivity contribution in [2.24, 2.45) is 13.0 Å². The zero-order valence-corrected chi connectivity index (χ0v) is 17.1. The molecule has 3 rings (SSSR count). The predicted molar refractivity (Wildman–Crippen MR) is 104 cm³/mol. The number of aromatic nitrogens is 2. The maximum atomic E-state index is 14.7. The number of halogens is 5. The van der Waals surface area contributed by atoms with Gasteiger partial charge in [-0.15, -0.1) is 0 Å². The van der Waals surface area contributed by atoms with E-state index in [2.05, 4.69) is 0 Å². The van der Waals surface area contributed by atoms with Gasteiger partial charge in [0.05, 0.1) is 11.6 Å². The molecular weight excluding hydrogens is 444 g/mol. The van der Waals surface area contributed by atoms with Gasteiger partial charge in [-0.05, 0) is 36.5 Å². The van der Waals surface area contributed by atoms with Gasteiger partial charge >= 0.3 is 17.8 Å². The van der Waals surface area contributed by atoms with Crippen LogP contribution in [-0.2, 0) is 18.0 Å². The summed E-state index contributed by atoms with van der Waals surface area (Å²) in [4.78, 5) is 36.9. The standard InChI is InChI=1S/C20H19ClF4N2O4/c1-26-15(20(23,24)25)9-16(28)27(19(26)31)14-7-11(12(21)8-13(14)22)17(18(29)30)10-5-3-2-4-6-10/h7-10,17H,2-6H2,1H3,(H,29,30). The second-order valence-electron chi connectivity index (χ2n) is 7.58. The summed E-state index contributed by atoms with van der Waals surface area (Å²) in [6.45, 7) is 0. The molecule has 6 nitrogen and oxygen atoms in total. The second-order valence-corrected chi connectivity index (χ2v) is 7.99. The average Bonchev–Trinajstić information content (AvgIpc) is 2.67. The molecule has 0 amide bonds. The van der Waals surface area contributed by atoms with E-state index in [0.29, 0.717) is 12.8 Å². The van der Waals surface area contributed by atoms with Crippen molar-refractivity contribution in [2.75, 3.05) is 0 Å². The Bertz CT molecular complexity index is 1130. The first kappa shape index (κ1) is 23.1. The zero-order chi connectivity index (χ0) is 23.1. The predicted octanol–water partition coefficient (Wildman–Crippen LogP) is 4.10. The van der Waals surface area contributed by atoms with Gasteiger partial charge in [0.1, 0.15) is 11.5 Å². The maximum absolute atomic E-state index is 14.7. The third-order valence-electron chi connectivity index (χ3n) is 5.64. The molecule has 1 N–H and O–H groups in total. The van der Waals surface area contributed by atoms with Gasteiger partial charge in [0.25, 0.3) is 5.56 Å². The lowest BCUT2D eigenvalue weighted by Gasteiger charge is -2.28. The minimum Gasteiger partial charge on any atom is -0.481 e. The number of carboxylic acid groups (broad SMARTS) is 1. The summed E-state index contributed by atoms with van der Waals surface area (Å²) >= 11 is 6.12. The molecule has 1 aliphatic carbocycles. The highest BCUT2D eigenvalue weighted by Crippen LogP contribution is 2.40. The quantitative estimate of drug-likeness (QED) is 0.694. The Hall–Kier alpha value is -2.62. The van der Waals surface area contributed by atoms with Gasteiger partial charge in [0.2, 0.25) is 0 Å². The molecule has 1 atom stereocenters. The van der Waals surface area contributed by atoms with Crippen LogP contribution < -0.4 is 11.2 Å². The third kappa shape index (κ3) is 4.39. The Morgan fingerprint density at radius 2 is 1.77 bits per heavy atom. The summed E-state index contributed by atoms with van der Waals surface area (Å²) in [6, 6.07) is 1.93. The first-order chi connectivity index (χ1) is 14.4. The molecule has 1 fully saturated rings. The van der Waals surface area contributed by atoms with Gasteiger partial charge in [0.15, 0.2) is 0 Å². The fourth-order valence-electron chi connectivity index (χ4n) is 4.14. The highest BCUT2D eigenvalue weighted by atomic mass is 35.5. The van der Waals surface area contributed by atoms with Crippen molar-refractivity contribution in [2.45, 2.75) is 44.2 Å². The second kappa shape index (κ2) is 8.49. The number of alkyl halides is 3. The molecule has 168 valence electrons. The molecule has 1 unspecified atom stereocenters. The molecule has 31 heavy (non-hydrogen) atoms. The summed E-state index contributed by atoms with van der Waals surface area (Å²) in [7, 11) is 0.803. The van der Waals surface area contributed by atoms with Gasteiger partial charge in [-0.3, -0.25) is 14.2 Å². The fourth-order valence-corrected chi connectivity index (χ4v) is 4.41. The largest absolute Gasteiger partial charge is 0.481 e. The highest BCUT2D eigenvalue weighted by Gasteiger charge is 2.36. The summed E-state index contributed by atoms with van der Waals surface area (Å²) in [5.74, 6) is -3.73. The molecule has 2 aromatic rings. The first-order valence-electron chi connectivity index (χ1n) is 9.56. The molecular formula is C20H19ClF4N2O4. The molecule has 11 heteroatoms. The van der Waals surface area contributed by atoms with Crippen LogP contribution in [0.2, 0.25) is 5.02 Å². The molecule has 0 aliphatic heterocycles. The van der Waals surface area contributed by atoms with Crippen molar-refractivity contribution in [1.29, 1.82) is 0 Å². The lowest BCUT2D eigenvalue weighted by molar-refractivity contribution is -0.144. The maximum Gasteiger partial charge on any atom is 0.431 e. The zero-order valence-electron chi connectivity index (χ0n) is 16.4. The van der Waals surface area contributed by atoms with Crippen LogP contribution in [0.5, 0.6) is 0 Å². The highest BCUT2D eigenvalue weighted by molar-refractivity contribution is 6.31. The summed E-state index contributed by atoms with van der Waals surface area (Å²) in [6.07, 6.45) is -1.14. The van der Waals surface area contributed by atoms with E-state index in [1.807, 2.05) is 0 Å². The lowest BCUT2D eigenvalue weighted by atomic mass is 9.76. The van der Waals surface area contributed by atoms with Crippen LogP contribution >= 0.6 is 11.6 Å². The lowest BCUT2D eigenvalue weighted by Crippen LogP contribution is -2.41. The number of carboxylic acids is 1. The minimum absolute atomic E-state index is 0.00585. The Morgan fingerprint density at radius 3 is 2.32 bits per heavy atom. The fraction of sp³-hybridized carbons (Fsp3) is 0.450. The van der Waals surface area contributed by atoms with Crippen molar-refractivity contribution in [3.8, 4) is 5.69 Å². The monoisotopic (exact) mass is 462 g/mol. The first-order valence-corrected chi connectivity index (χ1v) is 9.93. The van der Waals surface area contributed by atoms with Gasteiger partial charge in [-0.1, -0.05) is 30.9 Å². The van der Waals surface area contributed by atoms with Gasteiger partial charge < -0.3 is 5.11 Å². The summed E-state index contributed by atoms with van der Waals surface area (Å²) in [5, 5.41) is 9.60. The molecule has 1 heterocycles. The van der Waals surface area contributed by atoms with Crippen LogP contribution in [0, 0.1) is 11.7 Å². The van der Waals surface area contributed by atoms with Crippen molar-refractivity contribution in [3.63, 3.8) is 0 Å². The van der Waals surface area contributed by atoms with Crippen LogP contribution in [0.1, 0.15) is 49.3 Å². The minimum atomic E-state index is -4.97. The molecule has 0 saturated heterocycles.